The predicted molar refractivity (Wildman–Crippen MR) is 96.2 cm³/mol. The lowest BCUT2D eigenvalue weighted by atomic mass is 10.1. The van der Waals surface area contributed by atoms with Crippen molar-refractivity contribution in [1.29, 1.82) is 0 Å². The summed E-state index contributed by atoms with van der Waals surface area (Å²) < 4.78 is 15.3. The van der Waals surface area contributed by atoms with Crippen LogP contribution >= 0.6 is 0 Å². The number of carbonyl (C=O) groups is 1. The van der Waals surface area contributed by atoms with Gasteiger partial charge in [0, 0.05) is 5.56 Å². The lowest BCUT2D eigenvalue weighted by Gasteiger charge is -2.06. The standard InChI is InChI=1S/C19H19N3O4/c1-3-25-16-10-6-14(7-11-16)18-19(22-26-21-18)20-17(23)12-13-4-8-15(24-2)9-5-13/h4-11H,3,12H2,1-2H3,(H,20,22,23). The second-order valence-electron chi connectivity index (χ2n) is 5.49. The van der Waals surface area contributed by atoms with E-state index in [1.165, 1.54) is 0 Å². The maximum Gasteiger partial charge on any atom is 0.230 e. The summed E-state index contributed by atoms with van der Waals surface area (Å²) in [7, 11) is 1.60. The van der Waals surface area contributed by atoms with Gasteiger partial charge in [0.2, 0.25) is 11.7 Å². The molecule has 3 aromatic rings. The van der Waals surface area contributed by atoms with Gasteiger partial charge in [-0.15, -0.1) is 0 Å². The second kappa shape index (κ2) is 8.15. The van der Waals surface area contributed by atoms with Crippen LogP contribution in [0, 0.1) is 0 Å². The van der Waals surface area contributed by atoms with E-state index in [0.717, 1.165) is 22.6 Å². The molecule has 0 radical (unpaired) electrons. The second-order valence-corrected chi connectivity index (χ2v) is 5.49. The monoisotopic (exact) mass is 353 g/mol. The molecular formula is C19H19N3O4. The zero-order chi connectivity index (χ0) is 18.4. The van der Waals surface area contributed by atoms with Crippen molar-refractivity contribution in [3.63, 3.8) is 0 Å². The van der Waals surface area contributed by atoms with Gasteiger partial charge in [-0.25, -0.2) is 4.63 Å². The number of nitrogens with one attached hydrogen (secondary N) is 1. The number of carbonyl (C=O) groups excluding carboxylic acids is 1. The quantitative estimate of drug-likeness (QED) is 0.701. The summed E-state index contributed by atoms with van der Waals surface area (Å²) >= 11 is 0. The third-order valence-electron chi connectivity index (χ3n) is 3.71. The van der Waals surface area contributed by atoms with Gasteiger partial charge in [-0.05, 0) is 59.2 Å². The van der Waals surface area contributed by atoms with Crippen LogP contribution in [0.15, 0.2) is 53.2 Å². The summed E-state index contributed by atoms with van der Waals surface area (Å²) in [6.07, 6.45) is 0.208. The summed E-state index contributed by atoms with van der Waals surface area (Å²) in [5.41, 5.74) is 2.10. The fraction of sp³-hybridized carbons (Fsp3) is 0.211. The highest BCUT2D eigenvalue weighted by Crippen LogP contribution is 2.26. The first kappa shape index (κ1) is 17.5. The van der Waals surface area contributed by atoms with Gasteiger partial charge in [0.25, 0.3) is 0 Å². The van der Waals surface area contributed by atoms with Crippen LogP contribution in [0.3, 0.4) is 0 Å². The molecule has 1 N–H and O–H groups in total. The molecule has 1 heterocycles. The number of methoxy groups -OCH3 is 1. The van der Waals surface area contributed by atoms with Gasteiger partial charge in [-0.2, -0.15) is 0 Å². The zero-order valence-electron chi connectivity index (χ0n) is 14.6. The Balaban J connectivity index is 1.68. The Morgan fingerprint density at radius 2 is 1.73 bits per heavy atom. The molecule has 2 aromatic carbocycles. The molecule has 26 heavy (non-hydrogen) atoms. The lowest BCUT2D eigenvalue weighted by Crippen LogP contribution is -2.15. The molecule has 0 aliphatic carbocycles. The van der Waals surface area contributed by atoms with Gasteiger partial charge >= 0.3 is 0 Å². The normalized spacial score (nSPS) is 10.4. The minimum atomic E-state index is -0.210. The third-order valence-corrected chi connectivity index (χ3v) is 3.71. The first-order valence-corrected chi connectivity index (χ1v) is 8.18. The van der Waals surface area contributed by atoms with Gasteiger partial charge < -0.3 is 14.8 Å². The molecule has 7 nitrogen and oxygen atoms in total. The summed E-state index contributed by atoms with van der Waals surface area (Å²) in [6.45, 7) is 2.52. The first-order chi connectivity index (χ1) is 12.7. The molecule has 0 fully saturated rings. The number of hydrogen-bond acceptors (Lipinski definition) is 6. The van der Waals surface area contributed by atoms with Gasteiger partial charge in [0.1, 0.15) is 11.5 Å². The summed E-state index contributed by atoms with van der Waals surface area (Å²) in [6, 6.07) is 14.6. The van der Waals surface area contributed by atoms with Crippen LogP contribution in [-0.2, 0) is 11.2 Å². The van der Waals surface area contributed by atoms with Crippen LogP contribution in [0.25, 0.3) is 11.3 Å². The molecule has 0 atom stereocenters. The molecule has 0 bridgehead atoms. The molecule has 1 aromatic heterocycles. The number of benzene rings is 2. The smallest absolute Gasteiger partial charge is 0.230 e. The van der Waals surface area contributed by atoms with Crippen molar-refractivity contribution in [3.8, 4) is 22.8 Å². The highest BCUT2D eigenvalue weighted by Gasteiger charge is 2.15. The highest BCUT2D eigenvalue weighted by atomic mass is 16.6. The van der Waals surface area contributed by atoms with Crippen molar-refractivity contribution in [2.24, 2.45) is 0 Å². The van der Waals surface area contributed by atoms with E-state index < -0.39 is 0 Å². The first-order valence-electron chi connectivity index (χ1n) is 8.18. The topological polar surface area (TPSA) is 86.5 Å². The molecule has 0 aliphatic heterocycles. The number of ether oxygens (including phenoxy) is 2. The van der Waals surface area contributed by atoms with Crippen LogP contribution in [0.5, 0.6) is 11.5 Å². The fourth-order valence-corrected chi connectivity index (χ4v) is 2.44. The average molecular weight is 353 g/mol. The number of anilines is 1. The highest BCUT2D eigenvalue weighted by molar-refractivity contribution is 5.94. The van der Waals surface area contributed by atoms with E-state index in [4.69, 9.17) is 14.1 Å². The molecule has 134 valence electrons. The van der Waals surface area contributed by atoms with E-state index in [9.17, 15) is 4.79 Å². The maximum atomic E-state index is 12.3. The van der Waals surface area contributed by atoms with Crippen LogP contribution in [0.1, 0.15) is 12.5 Å². The van der Waals surface area contributed by atoms with Gasteiger partial charge in [-0.3, -0.25) is 4.79 Å². The molecule has 0 saturated carbocycles. The van der Waals surface area contributed by atoms with Crippen LogP contribution in [-0.4, -0.2) is 29.9 Å². The van der Waals surface area contributed by atoms with Crippen LogP contribution in [0.4, 0.5) is 5.82 Å². The Morgan fingerprint density at radius 1 is 1.04 bits per heavy atom. The summed E-state index contributed by atoms with van der Waals surface area (Å²) in [5, 5.41) is 10.4. The molecule has 1 amide bonds. The number of nitrogens with zero attached hydrogens (tertiary/aromatic N) is 2. The Kier molecular flexibility index (Phi) is 5.48. The molecular weight excluding hydrogens is 334 g/mol. The zero-order valence-corrected chi connectivity index (χ0v) is 14.6. The predicted octanol–water partition coefficient (Wildman–Crippen LogP) is 3.33. The van der Waals surface area contributed by atoms with Crippen molar-refractivity contribution in [1.82, 2.24) is 10.3 Å². The van der Waals surface area contributed by atoms with Crippen molar-refractivity contribution in [3.05, 3.63) is 54.1 Å². The molecule has 7 heteroatoms. The molecule has 0 saturated heterocycles. The minimum Gasteiger partial charge on any atom is -0.497 e. The molecule has 0 unspecified atom stereocenters. The maximum absolute atomic E-state index is 12.3. The molecule has 0 aliphatic rings. The fourth-order valence-electron chi connectivity index (χ4n) is 2.44. The van der Waals surface area contributed by atoms with Gasteiger partial charge in [0.05, 0.1) is 20.1 Å². The number of aromatic nitrogens is 2. The lowest BCUT2D eigenvalue weighted by molar-refractivity contribution is -0.115. The van der Waals surface area contributed by atoms with E-state index in [1.807, 2.05) is 55.5 Å². The number of hydrogen-bond donors (Lipinski definition) is 1. The van der Waals surface area contributed by atoms with Gasteiger partial charge in [-0.1, -0.05) is 12.1 Å². The van der Waals surface area contributed by atoms with Crippen molar-refractivity contribution < 1.29 is 18.9 Å². The van der Waals surface area contributed by atoms with Crippen molar-refractivity contribution in [2.75, 3.05) is 19.0 Å². The van der Waals surface area contributed by atoms with Crippen LogP contribution in [0.2, 0.25) is 0 Å². The summed E-state index contributed by atoms with van der Waals surface area (Å²) in [4.78, 5) is 12.3. The van der Waals surface area contributed by atoms with E-state index in [0.29, 0.717) is 12.3 Å². The van der Waals surface area contributed by atoms with E-state index in [2.05, 4.69) is 15.6 Å². The Bertz CT molecular complexity index is 857. The molecule has 3 rings (SSSR count). The van der Waals surface area contributed by atoms with E-state index >= 15 is 0 Å². The Hall–Kier alpha value is -3.35. The Morgan fingerprint density at radius 3 is 2.38 bits per heavy atom. The number of amides is 1. The Labute approximate surface area is 150 Å². The summed E-state index contributed by atoms with van der Waals surface area (Å²) in [5.74, 6) is 1.58. The SMILES string of the molecule is CCOc1ccc(-c2nonc2NC(=O)Cc2ccc(OC)cc2)cc1. The third kappa shape index (κ3) is 4.18. The molecule has 0 spiro atoms. The largest absolute Gasteiger partial charge is 0.497 e. The van der Waals surface area contributed by atoms with E-state index in [1.54, 1.807) is 7.11 Å². The van der Waals surface area contributed by atoms with Crippen LogP contribution < -0.4 is 14.8 Å². The number of rotatable bonds is 7. The van der Waals surface area contributed by atoms with Crippen molar-refractivity contribution >= 4 is 11.7 Å². The minimum absolute atomic E-state index is 0.208. The average Bonchev–Trinajstić information content (AvgIpc) is 3.11. The van der Waals surface area contributed by atoms with Gasteiger partial charge in [0.15, 0.2) is 5.69 Å². The van der Waals surface area contributed by atoms with Crippen molar-refractivity contribution in [2.45, 2.75) is 13.3 Å². The van der Waals surface area contributed by atoms with E-state index in [-0.39, 0.29) is 18.1 Å².